The Balaban J connectivity index is 1.75. The third kappa shape index (κ3) is 2.90. The van der Waals surface area contributed by atoms with Gasteiger partial charge in [-0.25, -0.2) is 4.98 Å². The van der Waals surface area contributed by atoms with Gasteiger partial charge in [0.15, 0.2) is 0 Å². The van der Waals surface area contributed by atoms with E-state index in [1.807, 2.05) is 7.05 Å². The molecule has 0 amide bonds. The average molecular weight is 381 g/mol. The first kappa shape index (κ1) is 18.0. The van der Waals surface area contributed by atoms with Gasteiger partial charge in [-0.15, -0.1) is 0 Å². The number of benzene rings is 1. The van der Waals surface area contributed by atoms with Gasteiger partial charge in [-0.1, -0.05) is 0 Å². The smallest absolute Gasteiger partial charge is 0.416 e. The third-order valence-corrected chi connectivity index (χ3v) is 5.27. The van der Waals surface area contributed by atoms with Crippen LogP contribution < -0.4 is 5.56 Å². The number of phenolic OH excluding ortho intramolecular Hbond substituents is 1. The normalized spacial score (nSPS) is 22.1. The van der Waals surface area contributed by atoms with Gasteiger partial charge >= 0.3 is 6.18 Å². The number of likely N-dealkylation sites (tertiary alicyclic amines) is 1. The van der Waals surface area contributed by atoms with E-state index in [-0.39, 0.29) is 17.2 Å². The summed E-state index contributed by atoms with van der Waals surface area (Å²) >= 11 is 0. The Hall–Kier alpha value is -2.39. The number of ether oxygens (including phenoxy) is 1. The first-order valence-corrected chi connectivity index (χ1v) is 8.50. The van der Waals surface area contributed by atoms with Crippen molar-refractivity contribution in [3.05, 3.63) is 46.6 Å². The molecule has 2 aliphatic rings. The molecule has 0 saturated carbocycles. The predicted octanol–water partition coefficient (Wildman–Crippen LogP) is 2.28. The zero-order chi connectivity index (χ0) is 19.4. The molecule has 2 saturated heterocycles. The molecule has 27 heavy (non-hydrogen) atoms. The zero-order valence-corrected chi connectivity index (χ0v) is 14.5. The summed E-state index contributed by atoms with van der Waals surface area (Å²) in [5.74, 6) is -0.609. The summed E-state index contributed by atoms with van der Waals surface area (Å²) < 4.78 is 45.8. The Morgan fingerprint density at radius 1 is 1.30 bits per heavy atom. The second kappa shape index (κ2) is 6.07. The minimum absolute atomic E-state index is 0.0218. The van der Waals surface area contributed by atoms with Crippen LogP contribution in [0.2, 0.25) is 0 Å². The van der Waals surface area contributed by atoms with Gasteiger partial charge in [-0.3, -0.25) is 9.36 Å². The number of hydrogen-bond donors (Lipinski definition) is 1. The first-order valence-electron chi connectivity index (χ1n) is 8.50. The molecular weight excluding hydrogens is 363 g/mol. The molecule has 1 aromatic carbocycles. The molecule has 3 heterocycles. The highest BCUT2D eigenvalue weighted by molar-refractivity contribution is 5.69. The molecule has 1 aromatic heterocycles. The fraction of sp³-hybridized carbons (Fsp3) is 0.444. The Bertz CT molecular complexity index is 935. The number of nitrogens with zero attached hydrogens (tertiary/aromatic N) is 3. The Morgan fingerprint density at radius 2 is 2.04 bits per heavy atom. The molecule has 0 unspecified atom stereocenters. The van der Waals surface area contributed by atoms with Crippen molar-refractivity contribution in [3.8, 4) is 16.9 Å². The van der Waals surface area contributed by atoms with Gasteiger partial charge in [-0.05, 0) is 31.7 Å². The number of aromatic hydroxyl groups is 1. The summed E-state index contributed by atoms with van der Waals surface area (Å²) in [6.07, 6.45) is -1.24. The molecule has 0 bridgehead atoms. The molecular formula is C18H18F3N3O3. The second-order valence-corrected chi connectivity index (χ2v) is 7.14. The van der Waals surface area contributed by atoms with Crippen LogP contribution in [0.1, 0.15) is 18.0 Å². The standard InChI is InChI=1S/C18H18F3N3O3/c1-23-8-17(9-23)15(4-5-27-17)24-10-22-7-13(16(24)26)12-3-2-11(6-14(12)25)18(19,20)21/h2-3,6-7,10,15,25H,4-5,8-9H2,1H3/t15-/m1/s1. The van der Waals surface area contributed by atoms with Crippen LogP contribution in [0, 0.1) is 0 Å². The van der Waals surface area contributed by atoms with Crippen molar-refractivity contribution in [2.45, 2.75) is 24.2 Å². The monoisotopic (exact) mass is 381 g/mol. The predicted molar refractivity (Wildman–Crippen MR) is 90.4 cm³/mol. The summed E-state index contributed by atoms with van der Waals surface area (Å²) in [7, 11) is 1.96. The van der Waals surface area contributed by atoms with Gasteiger partial charge in [0.2, 0.25) is 0 Å². The van der Waals surface area contributed by atoms with Gasteiger partial charge in [0.25, 0.3) is 5.56 Å². The topological polar surface area (TPSA) is 67.6 Å². The van der Waals surface area contributed by atoms with Crippen molar-refractivity contribution >= 4 is 0 Å². The van der Waals surface area contributed by atoms with Crippen molar-refractivity contribution in [1.82, 2.24) is 14.5 Å². The van der Waals surface area contributed by atoms with Crippen LogP contribution in [0.3, 0.4) is 0 Å². The van der Waals surface area contributed by atoms with Crippen molar-refractivity contribution in [2.75, 3.05) is 26.7 Å². The fourth-order valence-electron chi connectivity index (χ4n) is 4.06. The molecule has 144 valence electrons. The van der Waals surface area contributed by atoms with Crippen molar-refractivity contribution in [1.29, 1.82) is 0 Å². The van der Waals surface area contributed by atoms with Crippen LogP contribution >= 0.6 is 0 Å². The van der Waals surface area contributed by atoms with Gasteiger partial charge in [0, 0.05) is 31.5 Å². The lowest BCUT2D eigenvalue weighted by atomic mass is 9.86. The van der Waals surface area contributed by atoms with E-state index in [0.29, 0.717) is 32.2 Å². The largest absolute Gasteiger partial charge is 0.507 e. The zero-order valence-electron chi connectivity index (χ0n) is 14.5. The van der Waals surface area contributed by atoms with Gasteiger partial charge in [0.05, 0.1) is 23.5 Å². The third-order valence-electron chi connectivity index (χ3n) is 5.27. The van der Waals surface area contributed by atoms with Crippen LogP contribution in [0.5, 0.6) is 5.75 Å². The number of alkyl halides is 3. The van der Waals surface area contributed by atoms with Crippen LogP contribution in [0.15, 0.2) is 35.5 Å². The summed E-state index contributed by atoms with van der Waals surface area (Å²) in [6, 6.07) is 2.35. The van der Waals surface area contributed by atoms with Crippen molar-refractivity contribution in [3.63, 3.8) is 0 Å². The molecule has 2 aromatic rings. The van der Waals surface area contributed by atoms with E-state index in [9.17, 15) is 23.1 Å². The fourth-order valence-corrected chi connectivity index (χ4v) is 4.06. The highest BCUT2D eigenvalue weighted by Crippen LogP contribution is 2.42. The molecule has 2 aliphatic heterocycles. The molecule has 1 spiro atoms. The molecule has 9 heteroatoms. The molecule has 4 rings (SSSR count). The minimum Gasteiger partial charge on any atom is -0.507 e. The lowest BCUT2D eigenvalue weighted by Gasteiger charge is -2.48. The van der Waals surface area contributed by atoms with E-state index < -0.39 is 28.6 Å². The minimum atomic E-state index is -4.57. The Morgan fingerprint density at radius 3 is 2.67 bits per heavy atom. The highest BCUT2D eigenvalue weighted by atomic mass is 19.4. The SMILES string of the molecule is CN1CC2(C1)OCC[C@H]2n1cncc(-c2ccc(C(F)(F)F)cc2O)c1=O. The lowest BCUT2D eigenvalue weighted by molar-refractivity contribution is -0.137. The molecule has 0 radical (unpaired) electrons. The Labute approximate surface area is 152 Å². The number of rotatable bonds is 2. The van der Waals surface area contributed by atoms with Crippen molar-refractivity contribution < 1.29 is 23.0 Å². The van der Waals surface area contributed by atoms with Crippen LogP contribution in [-0.2, 0) is 10.9 Å². The summed E-state index contributed by atoms with van der Waals surface area (Å²) in [6.45, 7) is 1.92. The number of phenols is 1. The molecule has 0 aliphatic carbocycles. The Kier molecular flexibility index (Phi) is 4.04. The van der Waals surface area contributed by atoms with E-state index in [2.05, 4.69) is 9.88 Å². The summed E-state index contributed by atoms with van der Waals surface area (Å²) in [5, 5.41) is 10.1. The lowest BCUT2D eigenvalue weighted by Crippen LogP contribution is -2.63. The van der Waals surface area contributed by atoms with E-state index in [1.54, 1.807) is 0 Å². The maximum atomic E-state index is 13.0. The number of hydrogen-bond acceptors (Lipinski definition) is 5. The van der Waals surface area contributed by atoms with Gasteiger partial charge in [0.1, 0.15) is 11.4 Å². The van der Waals surface area contributed by atoms with Crippen LogP contribution in [-0.4, -0.2) is 51.9 Å². The van der Waals surface area contributed by atoms with E-state index in [0.717, 1.165) is 12.1 Å². The van der Waals surface area contributed by atoms with Gasteiger partial charge < -0.3 is 14.7 Å². The second-order valence-electron chi connectivity index (χ2n) is 7.14. The molecule has 1 N–H and O–H groups in total. The average Bonchev–Trinajstić information content (AvgIpc) is 2.99. The highest BCUT2D eigenvalue weighted by Gasteiger charge is 2.53. The van der Waals surface area contributed by atoms with Crippen LogP contribution in [0.25, 0.3) is 11.1 Å². The van der Waals surface area contributed by atoms with E-state index >= 15 is 0 Å². The summed E-state index contributed by atoms with van der Waals surface area (Å²) in [5.41, 5.74) is -1.76. The molecule has 2 fully saturated rings. The quantitative estimate of drug-likeness (QED) is 0.865. The number of likely N-dealkylation sites (N-methyl/N-ethyl adjacent to an activating group) is 1. The molecule has 6 nitrogen and oxygen atoms in total. The summed E-state index contributed by atoms with van der Waals surface area (Å²) in [4.78, 5) is 19.2. The number of aromatic nitrogens is 2. The maximum absolute atomic E-state index is 13.0. The first-order chi connectivity index (χ1) is 12.7. The van der Waals surface area contributed by atoms with E-state index in [4.69, 9.17) is 4.74 Å². The van der Waals surface area contributed by atoms with Crippen molar-refractivity contribution in [2.24, 2.45) is 0 Å². The van der Waals surface area contributed by atoms with Gasteiger partial charge in [-0.2, -0.15) is 13.2 Å². The van der Waals surface area contributed by atoms with Crippen LogP contribution in [0.4, 0.5) is 13.2 Å². The molecule has 1 atom stereocenters. The van der Waals surface area contributed by atoms with E-state index in [1.165, 1.54) is 17.1 Å². The number of halogens is 3. The maximum Gasteiger partial charge on any atom is 0.416 e.